The van der Waals surface area contributed by atoms with Crippen molar-refractivity contribution in [2.75, 3.05) is 0 Å². The van der Waals surface area contributed by atoms with Gasteiger partial charge in [0.05, 0.1) is 0 Å². The zero-order chi connectivity index (χ0) is 20.5. The molecule has 0 bridgehead atoms. The first kappa shape index (κ1) is 22.8. The molecule has 0 radical (unpaired) electrons. The van der Waals surface area contributed by atoms with Gasteiger partial charge < -0.3 is 0 Å². The number of benzene rings is 1. The molecule has 0 N–H and O–H groups in total. The Balaban J connectivity index is 1.99. The predicted octanol–water partition coefficient (Wildman–Crippen LogP) is 9.17. The monoisotopic (exact) mass is 418 g/mol. The van der Waals surface area contributed by atoms with Crippen molar-refractivity contribution in [3.63, 3.8) is 0 Å². The van der Waals surface area contributed by atoms with E-state index in [4.69, 9.17) is 0 Å². The van der Waals surface area contributed by atoms with Crippen LogP contribution in [0.15, 0.2) is 30.3 Å². The Bertz CT molecular complexity index is 609. The summed E-state index contributed by atoms with van der Waals surface area (Å²) in [6.45, 7) is 18.2. The number of rotatable bonds is 7. The summed E-state index contributed by atoms with van der Waals surface area (Å²) in [5.41, 5.74) is 5.40. The molecular weight excluding hydrogens is 374 g/mol. The Morgan fingerprint density at radius 1 is 0.679 bits per heavy atom. The van der Waals surface area contributed by atoms with Crippen LogP contribution in [0.25, 0.3) is 0 Å². The van der Waals surface area contributed by atoms with Crippen LogP contribution in [0.5, 0.6) is 0 Å². The maximum absolute atomic E-state index is 2.70. The fourth-order valence-electron chi connectivity index (χ4n) is 6.44. The van der Waals surface area contributed by atoms with Gasteiger partial charge in [0.2, 0.25) is 0 Å². The first-order chi connectivity index (χ1) is 13.3. The van der Waals surface area contributed by atoms with Crippen LogP contribution in [-0.2, 0) is 0 Å². The highest BCUT2D eigenvalue weighted by Crippen LogP contribution is 2.79. The average molecular weight is 419 g/mol. The van der Waals surface area contributed by atoms with Gasteiger partial charge in [-0.2, -0.15) is 0 Å². The van der Waals surface area contributed by atoms with Gasteiger partial charge in [-0.25, -0.2) is 0 Å². The van der Waals surface area contributed by atoms with Crippen molar-refractivity contribution in [3.8, 4) is 0 Å². The fourth-order valence-corrected chi connectivity index (χ4v) is 16.4. The van der Waals surface area contributed by atoms with E-state index >= 15 is 0 Å². The predicted molar refractivity (Wildman–Crippen MR) is 132 cm³/mol. The fraction of sp³-hybridized carbons (Fsp3) is 0.769. The molecule has 0 nitrogen and oxygen atoms in total. The molecule has 0 amide bonds. The van der Waals surface area contributed by atoms with E-state index < -0.39 is 0 Å². The summed E-state index contributed by atoms with van der Waals surface area (Å²) in [4.78, 5) is 0. The molecule has 2 heterocycles. The first-order valence-corrected chi connectivity index (χ1v) is 14.9. The molecule has 0 spiro atoms. The van der Waals surface area contributed by atoms with E-state index in [0.29, 0.717) is 10.3 Å². The maximum Gasteiger partial charge on any atom is 0.00496 e. The van der Waals surface area contributed by atoms with Gasteiger partial charge in [0.25, 0.3) is 0 Å². The third-order valence-corrected chi connectivity index (χ3v) is 17.8. The van der Waals surface area contributed by atoms with Crippen LogP contribution < -0.4 is 0 Å². The summed E-state index contributed by atoms with van der Waals surface area (Å²) in [7, 11) is 0.0570. The lowest BCUT2D eigenvalue weighted by molar-refractivity contribution is 0.517. The molecule has 2 aliphatic rings. The molecule has 5 atom stereocenters. The lowest BCUT2D eigenvalue weighted by Crippen LogP contribution is -2.46. The molecule has 0 aliphatic carbocycles. The quantitative estimate of drug-likeness (QED) is 0.387. The SMILES string of the molecule is CC[C@@H]1CC[C@@H](CC)P1C(C)(C)C(C)(C)P1[C@H](CC)CC[C@H]1c1ccccc1. The summed E-state index contributed by atoms with van der Waals surface area (Å²) >= 11 is 0. The summed E-state index contributed by atoms with van der Waals surface area (Å²) in [6.07, 6.45) is 10.0. The van der Waals surface area contributed by atoms with E-state index in [1.807, 2.05) is 0 Å². The number of hydrogen-bond donors (Lipinski definition) is 0. The molecule has 2 saturated heterocycles. The van der Waals surface area contributed by atoms with Gasteiger partial charge in [-0.15, -0.1) is 0 Å². The topological polar surface area (TPSA) is 0 Å². The van der Waals surface area contributed by atoms with E-state index in [0.717, 1.165) is 22.6 Å². The van der Waals surface area contributed by atoms with Crippen LogP contribution in [0.1, 0.15) is 105 Å². The zero-order valence-corrected chi connectivity index (χ0v) is 21.3. The van der Waals surface area contributed by atoms with Gasteiger partial charge in [-0.05, 0) is 77.8 Å². The Hall–Kier alpha value is 0.0800. The molecule has 2 heteroatoms. The van der Waals surface area contributed by atoms with Crippen molar-refractivity contribution in [3.05, 3.63) is 35.9 Å². The van der Waals surface area contributed by atoms with Crippen molar-refractivity contribution in [2.24, 2.45) is 0 Å². The third kappa shape index (κ3) is 3.87. The highest BCUT2D eigenvalue weighted by atomic mass is 31.1. The van der Waals surface area contributed by atoms with Crippen molar-refractivity contribution in [1.82, 2.24) is 0 Å². The second-order valence-corrected chi connectivity index (χ2v) is 16.9. The first-order valence-electron chi connectivity index (χ1n) is 11.9. The Labute approximate surface area is 178 Å². The normalized spacial score (nSPS) is 32.2. The van der Waals surface area contributed by atoms with Crippen LogP contribution >= 0.6 is 15.8 Å². The lowest BCUT2D eigenvalue weighted by atomic mass is 9.98. The van der Waals surface area contributed by atoms with Gasteiger partial charge in [-0.1, -0.05) is 94.6 Å². The molecule has 3 rings (SSSR count). The van der Waals surface area contributed by atoms with Crippen molar-refractivity contribution in [2.45, 2.75) is 126 Å². The van der Waals surface area contributed by atoms with E-state index in [9.17, 15) is 0 Å². The Morgan fingerprint density at radius 2 is 1.11 bits per heavy atom. The molecule has 2 aliphatic heterocycles. The van der Waals surface area contributed by atoms with Crippen LogP contribution in [0.4, 0.5) is 0 Å². The van der Waals surface area contributed by atoms with Crippen molar-refractivity contribution >= 4 is 15.8 Å². The largest absolute Gasteiger partial charge is 0.0936 e. The average Bonchev–Trinajstić information content (AvgIpc) is 3.32. The molecule has 2 fully saturated rings. The summed E-state index contributed by atoms with van der Waals surface area (Å²) in [5.74, 6) is 0. The molecule has 1 unspecified atom stereocenters. The summed E-state index contributed by atoms with van der Waals surface area (Å²) in [6, 6.07) is 11.6. The van der Waals surface area contributed by atoms with Gasteiger partial charge >= 0.3 is 0 Å². The minimum absolute atomic E-state index is 0.0277. The third-order valence-electron chi connectivity index (χ3n) is 8.51. The van der Waals surface area contributed by atoms with E-state index in [-0.39, 0.29) is 15.8 Å². The molecular formula is C26H44P2. The van der Waals surface area contributed by atoms with E-state index in [1.165, 1.54) is 44.9 Å². The molecule has 1 aromatic carbocycles. The molecule has 0 aromatic heterocycles. The van der Waals surface area contributed by atoms with Gasteiger partial charge in [0, 0.05) is 5.66 Å². The van der Waals surface area contributed by atoms with Gasteiger partial charge in [0.1, 0.15) is 0 Å². The molecule has 1 aromatic rings. The smallest absolute Gasteiger partial charge is 0.00496 e. The van der Waals surface area contributed by atoms with Crippen LogP contribution in [-0.4, -0.2) is 27.3 Å². The lowest BCUT2D eigenvalue weighted by Gasteiger charge is -2.55. The Morgan fingerprint density at radius 3 is 1.61 bits per heavy atom. The minimum Gasteiger partial charge on any atom is -0.0936 e. The summed E-state index contributed by atoms with van der Waals surface area (Å²) in [5, 5.41) is 0.910. The summed E-state index contributed by atoms with van der Waals surface area (Å²) < 4.78 is 0. The van der Waals surface area contributed by atoms with Crippen molar-refractivity contribution in [1.29, 1.82) is 0 Å². The van der Waals surface area contributed by atoms with Crippen LogP contribution in [0.3, 0.4) is 0 Å². The van der Waals surface area contributed by atoms with Crippen LogP contribution in [0, 0.1) is 0 Å². The van der Waals surface area contributed by atoms with Crippen molar-refractivity contribution < 1.29 is 0 Å². The van der Waals surface area contributed by atoms with Gasteiger partial charge in [-0.3, -0.25) is 0 Å². The Kier molecular flexibility index (Phi) is 7.37. The van der Waals surface area contributed by atoms with E-state index in [2.05, 4.69) is 78.8 Å². The van der Waals surface area contributed by atoms with Gasteiger partial charge in [0.15, 0.2) is 0 Å². The highest BCUT2D eigenvalue weighted by molar-refractivity contribution is 7.65. The second-order valence-electron chi connectivity index (χ2n) is 10.2. The van der Waals surface area contributed by atoms with Crippen LogP contribution in [0.2, 0.25) is 0 Å². The second kappa shape index (κ2) is 9.06. The molecule has 158 valence electrons. The molecule has 28 heavy (non-hydrogen) atoms. The van der Waals surface area contributed by atoms with E-state index in [1.54, 1.807) is 5.56 Å². The minimum atomic E-state index is -0.0277. The highest BCUT2D eigenvalue weighted by Gasteiger charge is 2.56. The standard InChI is InChI=1S/C26H44P2/c1-8-21-16-17-22(9-2)27(21)25(4,5)26(6,7)28-23(10-3)18-19-24(28)20-14-12-11-13-15-20/h11-15,21-24H,8-10,16-19H2,1-7H3/t21-,22-,23-,24+,28?/m1/s1. The zero-order valence-electron chi connectivity index (χ0n) is 19.5. The molecule has 0 saturated carbocycles. The number of hydrogen-bond acceptors (Lipinski definition) is 0. The maximum atomic E-state index is 2.70.